The number of imidazole rings is 1. The molecule has 0 bridgehead atoms. The number of amides is 2. The average Bonchev–Trinajstić information content (AvgIpc) is 3.17. The predicted octanol–water partition coefficient (Wildman–Crippen LogP) is 3.57. The van der Waals surface area contributed by atoms with E-state index in [9.17, 15) is 9.59 Å². The van der Waals surface area contributed by atoms with Gasteiger partial charge in [-0.25, -0.2) is 4.98 Å². The summed E-state index contributed by atoms with van der Waals surface area (Å²) in [5.41, 5.74) is 5.50. The molecule has 0 unspecified atom stereocenters. The number of hydrogen-bond donors (Lipinski definition) is 3. The second-order valence-electron chi connectivity index (χ2n) is 6.68. The van der Waals surface area contributed by atoms with Crippen molar-refractivity contribution in [1.29, 1.82) is 0 Å². The number of benzene rings is 1. The van der Waals surface area contributed by atoms with Crippen LogP contribution in [0.4, 0.5) is 0 Å². The molecule has 0 atom stereocenters. The number of H-pyrrole nitrogens is 1. The van der Waals surface area contributed by atoms with Crippen molar-refractivity contribution in [3.63, 3.8) is 0 Å². The van der Waals surface area contributed by atoms with E-state index < -0.39 is 11.8 Å². The zero-order chi connectivity index (χ0) is 19.6. The molecule has 0 fully saturated rings. The molecule has 0 spiro atoms. The van der Waals surface area contributed by atoms with Crippen molar-refractivity contribution in [2.75, 3.05) is 6.61 Å². The van der Waals surface area contributed by atoms with Crippen LogP contribution >= 0.6 is 0 Å². The number of unbranched alkanes of at least 4 members (excludes halogenated alkanes) is 3. The molecule has 0 aliphatic heterocycles. The van der Waals surface area contributed by atoms with Gasteiger partial charge in [0.15, 0.2) is 0 Å². The first kappa shape index (κ1) is 20.5. The number of ether oxygens (including phenoxy) is 1. The minimum Gasteiger partial charge on any atom is -0.494 e. The van der Waals surface area contributed by atoms with Crippen molar-refractivity contribution < 1.29 is 14.3 Å². The van der Waals surface area contributed by atoms with Gasteiger partial charge in [-0.1, -0.05) is 40.0 Å². The summed E-state index contributed by atoms with van der Waals surface area (Å²) in [5.74, 6) is 0.785. The van der Waals surface area contributed by atoms with Crippen molar-refractivity contribution in [3.05, 3.63) is 47.5 Å². The number of hydrogen-bond acceptors (Lipinski definition) is 4. The first-order valence-corrected chi connectivity index (χ1v) is 9.39. The van der Waals surface area contributed by atoms with Crippen LogP contribution in [0, 0.1) is 0 Å². The van der Waals surface area contributed by atoms with Crippen molar-refractivity contribution in [2.45, 2.75) is 52.4 Å². The van der Waals surface area contributed by atoms with E-state index in [1.54, 1.807) is 24.3 Å². The van der Waals surface area contributed by atoms with Crippen molar-refractivity contribution in [1.82, 2.24) is 20.8 Å². The summed E-state index contributed by atoms with van der Waals surface area (Å²) in [7, 11) is 0. The Morgan fingerprint density at radius 1 is 1.07 bits per heavy atom. The highest BCUT2D eigenvalue weighted by Crippen LogP contribution is 2.13. The minimum atomic E-state index is -0.449. The van der Waals surface area contributed by atoms with Gasteiger partial charge >= 0.3 is 0 Å². The molecule has 2 rings (SSSR count). The van der Waals surface area contributed by atoms with Gasteiger partial charge in [0.05, 0.1) is 12.8 Å². The fourth-order valence-electron chi connectivity index (χ4n) is 2.42. The first-order valence-electron chi connectivity index (χ1n) is 9.39. The fourth-order valence-corrected chi connectivity index (χ4v) is 2.42. The van der Waals surface area contributed by atoms with Gasteiger partial charge < -0.3 is 9.72 Å². The Kier molecular flexibility index (Phi) is 7.85. The molecule has 146 valence electrons. The fraction of sp³-hybridized carbons (Fsp3) is 0.450. The lowest BCUT2D eigenvalue weighted by Gasteiger charge is -2.08. The summed E-state index contributed by atoms with van der Waals surface area (Å²) in [6.45, 7) is 6.79. The number of hydrazine groups is 1. The Morgan fingerprint density at radius 3 is 2.41 bits per heavy atom. The van der Waals surface area contributed by atoms with Gasteiger partial charge in [0.1, 0.15) is 17.3 Å². The maximum absolute atomic E-state index is 12.1. The second-order valence-corrected chi connectivity index (χ2v) is 6.68. The van der Waals surface area contributed by atoms with E-state index in [1.807, 2.05) is 13.8 Å². The Morgan fingerprint density at radius 2 is 1.78 bits per heavy atom. The van der Waals surface area contributed by atoms with Crippen LogP contribution < -0.4 is 15.6 Å². The highest BCUT2D eigenvalue weighted by atomic mass is 16.5. The molecular weight excluding hydrogens is 344 g/mol. The van der Waals surface area contributed by atoms with Gasteiger partial charge in [-0.05, 0) is 30.7 Å². The van der Waals surface area contributed by atoms with Crippen molar-refractivity contribution in [3.8, 4) is 5.75 Å². The quantitative estimate of drug-likeness (QED) is 0.463. The molecule has 0 saturated heterocycles. The molecule has 0 aliphatic rings. The standard InChI is InChI=1S/C20H28N4O3/c1-4-5-6-7-12-27-16-10-8-15(9-11-16)19(25)23-24-20(26)17-13-21-18(22-17)14(2)3/h8-11,13-14H,4-7,12H2,1-3H3,(H,21,22)(H,23,25)(H,24,26). The lowest BCUT2D eigenvalue weighted by molar-refractivity contribution is 0.0844. The first-order chi connectivity index (χ1) is 13.0. The van der Waals surface area contributed by atoms with Crippen LogP contribution in [0.2, 0.25) is 0 Å². The Balaban J connectivity index is 1.78. The summed E-state index contributed by atoms with van der Waals surface area (Å²) in [4.78, 5) is 31.2. The molecule has 7 heteroatoms. The number of nitrogens with zero attached hydrogens (tertiary/aromatic N) is 1. The monoisotopic (exact) mass is 372 g/mol. The Labute approximate surface area is 159 Å². The van der Waals surface area contributed by atoms with E-state index in [0.29, 0.717) is 17.9 Å². The van der Waals surface area contributed by atoms with Crippen LogP contribution in [0.3, 0.4) is 0 Å². The largest absolute Gasteiger partial charge is 0.494 e. The van der Waals surface area contributed by atoms with Crippen LogP contribution in [-0.4, -0.2) is 28.4 Å². The van der Waals surface area contributed by atoms with Crippen LogP contribution in [0.25, 0.3) is 0 Å². The minimum absolute atomic E-state index is 0.188. The summed E-state index contributed by atoms with van der Waals surface area (Å²) in [6.07, 6.45) is 6.04. The molecule has 1 aromatic heterocycles. The number of nitrogens with one attached hydrogen (secondary N) is 3. The third kappa shape index (κ3) is 6.44. The summed E-state index contributed by atoms with van der Waals surface area (Å²) in [6, 6.07) is 6.83. The summed E-state index contributed by atoms with van der Waals surface area (Å²) >= 11 is 0. The van der Waals surface area contributed by atoms with Crippen LogP contribution in [0.5, 0.6) is 5.75 Å². The third-order valence-corrected chi connectivity index (χ3v) is 4.06. The predicted molar refractivity (Wildman–Crippen MR) is 104 cm³/mol. The van der Waals surface area contributed by atoms with Crippen LogP contribution in [0.1, 0.15) is 79.0 Å². The molecule has 1 heterocycles. The molecule has 0 aliphatic carbocycles. The Hall–Kier alpha value is -2.83. The topological polar surface area (TPSA) is 96.1 Å². The van der Waals surface area contributed by atoms with E-state index >= 15 is 0 Å². The molecule has 2 amide bonds. The maximum atomic E-state index is 12.1. The van der Waals surface area contributed by atoms with Crippen molar-refractivity contribution in [2.24, 2.45) is 0 Å². The van der Waals surface area contributed by atoms with E-state index in [1.165, 1.54) is 19.0 Å². The highest BCUT2D eigenvalue weighted by molar-refractivity contribution is 5.98. The maximum Gasteiger partial charge on any atom is 0.287 e. The number of carbonyl (C=O) groups excluding carboxylic acids is 2. The van der Waals surface area contributed by atoms with E-state index in [4.69, 9.17) is 4.74 Å². The van der Waals surface area contributed by atoms with Crippen LogP contribution in [0.15, 0.2) is 30.5 Å². The number of aromatic amines is 1. The molecule has 0 saturated carbocycles. The van der Waals surface area contributed by atoms with E-state index in [0.717, 1.165) is 24.4 Å². The van der Waals surface area contributed by atoms with E-state index in [-0.39, 0.29) is 5.92 Å². The molecule has 1 aromatic carbocycles. The number of aromatic nitrogens is 2. The van der Waals surface area contributed by atoms with Crippen LogP contribution in [-0.2, 0) is 0 Å². The summed E-state index contributed by atoms with van der Waals surface area (Å²) < 4.78 is 5.65. The third-order valence-electron chi connectivity index (χ3n) is 4.06. The lowest BCUT2D eigenvalue weighted by Crippen LogP contribution is -2.41. The smallest absolute Gasteiger partial charge is 0.287 e. The normalized spacial score (nSPS) is 10.7. The van der Waals surface area contributed by atoms with E-state index in [2.05, 4.69) is 27.7 Å². The van der Waals surface area contributed by atoms with Gasteiger partial charge in [0.2, 0.25) is 0 Å². The molecule has 0 radical (unpaired) electrons. The highest BCUT2D eigenvalue weighted by Gasteiger charge is 2.13. The van der Waals surface area contributed by atoms with Gasteiger partial charge in [-0.15, -0.1) is 0 Å². The van der Waals surface area contributed by atoms with Crippen molar-refractivity contribution >= 4 is 11.8 Å². The Bertz CT molecular complexity index is 738. The second kappa shape index (κ2) is 10.4. The zero-order valence-corrected chi connectivity index (χ0v) is 16.2. The molecule has 3 N–H and O–H groups in total. The van der Waals surface area contributed by atoms with Gasteiger partial charge in [-0.2, -0.15) is 0 Å². The van der Waals surface area contributed by atoms with Gasteiger partial charge in [0.25, 0.3) is 11.8 Å². The summed E-state index contributed by atoms with van der Waals surface area (Å²) in [5, 5.41) is 0. The lowest BCUT2D eigenvalue weighted by atomic mass is 10.2. The number of carbonyl (C=O) groups is 2. The molecule has 7 nitrogen and oxygen atoms in total. The van der Waals surface area contributed by atoms with Gasteiger partial charge in [0, 0.05) is 11.5 Å². The number of rotatable bonds is 9. The molecule has 27 heavy (non-hydrogen) atoms. The molecule has 2 aromatic rings. The SMILES string of the molecule is CCCCCCOc1ccc(C(=O)NNC(=O)c2cnc(C(C)C)[nH]2)cc1. The van der Waals surface area contributed by atoms with Gasteiger partial charge in [-0.3, -0.25) is 20.4 Å². The molecular formula is C20H28N4O3. The zero-order valence-electron chi connectivity index (χ0n) is 16.2. The average molecular weight is 372 g/mol.